The Morgan fingerprint density at radius 1 is 1.47 bits per heavy atom. The van der Waals surface area contributed by atoms with Gasteiger partial charge in [-0.05, 0) is 37.1 Å². The zero-order chi connectivity index (χ0) is 12.4. The van der Waals surface area contributed by atoms with E-state index in [1.54, 1.807) is 0 Å². The largest absolute Gasteiger partial charge is 0.394 e. The molecule has 1 amide bonds. The molecule has 2 aliphatic rings. The average molecular weight is 240 g/mol. The van der Waals surface area contributed by atoms with Crippen molar-refractivity contribution in [2.75, 3.05) is 13.2 Å². The molecule has 0 radical (unpaired) electrons. The molecule has 1 saturated heterocycles. The van der Waals surface area contributed by atoms with Gasteiger partial charge in [-0.2, -0.15) is 0 Å². The van der Waals surface area contributed by atoms with Crippen LogP contribution in [0, 0.1) is 17.8 Å². The van der Waals surface area contributed by atoms with E-state index >= 15 is 0 Å². The van der Waals surface area contributed by atoms with Gasteiger partial charge in [0.2, 0.25) is 5.91 Å². The van der Waals surface area contributed by atoms with E-state index in [0.717, 1.165) is 6.54 Å². The van der Waals surface area contributed by atoms with Gasteiger partial charge in [0.05, 0.1) is 18.7 Å². The predicted octanol–water partition coefficient (Wildman–Crippen LogP) is 0.508. The number of aliphatic hydroxyl groups is 1. The van der Waals surface area contributed by atoms with E-state index < -0.39 is 0 Å². The van der Waals surface area contributed by atoms with Crippen molar-refractivity contribution in [1.29, 1.82) is 0 Å². The van der Waals surface area contributed by atoms with Gasteiger partial charge >= 0.3 is 0 Å². The summed E-state index contributed by atoms with van der Waals surface area (Å²) in [5.74, 6) is 1.55. The maximum Gasteiger partial charge on any atom is 0.237 e. The van der Waals surface area contributed by atoms with Crippen LogP contribution in [0.3, 0.4) is 0 Å². The fourth-order valence-electron chi connectivity index (χ4n) is 3.17. The standard InChI is InChI=1S/C13H24N2O2/c1-8(2)11(7-16)15-13(17)12-10-5-3-4-9(10)6-14-12/h8-12,14,16H,3-7H2,1-2H3,(H,15,17)/t9?,10?,11-,12?/m1/s1. The van der Waals surface area contributed by atoms with Gasteiger partial charge in [-0.1, -0.05) is 20.3 Å². The smallest absolute Gasteiger partial charge is 0.237 e. The van der Waals surface area contributed by atoms with Crippen LogP contribution in [0.1, 0.15) is 33.1 Å². The van der Waals surface area contributed by atoms with Gasteiger partial charge in [-0.25, -0.2) is 0 Å². The van der Waals surface area contributed by atoms with Crippen LogP contribution in [-0.4, -0.2) is 36.2 Å². The van der Waals surface area contributed by atoms with Crippen LogP contribution in [0.5, 0.6) is 0 Å². The van der Waals surface area contributed by atoms with Crippen LogP contribution < -0.4 is 10.6 Å². The minimum atomic E-state index is -0.121. The van der Waals surface area contributed by atoms with Crippen molar-refractivity contribution in [3.05, 3.63) is 0 Å². The molecule has 2 rings (SSSR count). The van der Waals surface area contributed by atoms with Crippen molar-refractivity contribution in [1.82, 2.24) is 10.6 Å². The van der Waals surface area contributed by atoms with E-state index in [0.29, 0.717) is 11.8 Å². The van der Waals surface area contributed by atoms with E-state index in [9.17, 15) is 9.90 Å². The molecule has 98 valence electrons. The molecule has 2 fully saturated rings. The zero-order valence-electron chi connectivity index (χ0n) is 10.8. The second kappa shape index (κ2) is 5.36. The lowest BCUT2D eigenvalue weighted by molar-refractivity contribution is -0.125. The molecule has 3 N–H and O–H groups in total. The maximum absolute atomic E-state index is 12.2. The Morgan fingerprint density at radius 3 is 2.88 bits per heavy atom. The van der Waals surface area contributed by atoms with Crippen molar-refractivity contribution >= 4 is 5.91 Å². The van der Waals surface area contributed by atoms with Gasteiger partial charge in [-0.15, -0.1) is 0 Å². The van der Waals surface area contributed by atoms with Gasteiger partial charge in [0, 0.05) is 0 Å². The number of carbonyl (C=O) groups is 1. The van der Waals surface area contributed by atoms with Crippen LogP contribution in [0.2, 0.25) is 0 Å². The van der Waals surface area contributed by atoms with E-state index in [4.69, 9.17) is 0 Å². The first-order valence-electron chi connectivity index (χ1n) is 6.78. The number of nitrogens with one attached hydrogen (secondary N) is 2. The number of hydrogen-bond donors (Lipinski definition) is 3. The molecule has 1 aliphatic carbocycles. The molecule has 4 heteroatoms. The molecule has 4 nitrogen and oxygen atoms in total. The summed E-state index contributed by atoms with van der Waals surface area (Å²) in [6.45, 7) is 5.03. The summed E-state index contributed by atoms with van der Waals surface area (Å²) in [5, 5.41) is 15.5. The quantitative estimate of drug-likeness (QED) is 0.671. The Hall–Kier alpha value is -0.610. The highest BCUT2D eigenvalue weighted by atomic mass is 16.3. The molecule has 4 atom stereocenters. The van der Waals surface area contributed by atoms with E-state index in [-0.39, 0.29) is 30.5 Å². The van der Waals surface area contributed by atoms with Gasteiger partial charge in [-0.3, -0.25) is 4.79 Å². The molecule has 3 unspecified atom stereocenters. The average Bonchev–Trinajstić information content (AvgIpc) is 2.86. The first-order chi connectivity index (χ1) is 8.13. The second-order valence-corrected chi connectivity index (χ2v) is 5.78. The van der Waals surface area contributed by atoms with Crippen LogP contribution in [0.15, 0.2) is 0 Å². The molecule has 1 heterocycles. The third-order valence-electron chi connectivity index (χ3n) is 4.36. The number of carbonyl (C=O) groups excluding carboxylic acids is 1. The Labute approximate surface area is 103 Å². The first kappa shape index (κ1) is 12.8. The number of aliphatic hydroxyl groups excluding tert-OH is 1. The van der Waals surface area contributed by atoms with Crippen molar-refractivity contribution in [2.24, 2.45) is 17.8 Å². The topological polar surface area (TPSA) is 61.4 Å². The Balaban J connectivity index is 1.91. The molecular formula is C13H24N2O2. The number of hydrogen-bond acceptors (Lipinski definition) is 3. The van der Waals surface area contributed by atoms with Gasteiger partial charge < -0.3 is 15.7 Å². The normalized spacial score (nSPS) is 33.8. The monoisotopic (exact) mass is 240 g/mol. The Morgan fingerprint density at radius 2 is 2.24 bits per heavy atom. The van der Waals surface area contributed by atoms with Gasteiger partial charge in [0.25, 0.3) is 0 Å². The first-order valence-corrected chi connectivity index (χ1v) is 6.78. The maximum atomic E-state index is 12.2. The highest BCUT2D eigenvalue weighted by Gasteiger charge is 2.42. The third kappa shape index (κ3) is 2.63. The lowest BCUT2D eigenvalue weighted by Gasteiger charge is -2.24. The molecular weight excluding hydrogens is 216 g/mol. The summed E-state index contributed by atoms with van der Waals surface area (Å²) < 4.78 is 0. The van der Waals surface area contributed by atoms with Gasteiger partial charge in [0.1, 0.15) is 0 Å². The fourth-order valence-corrected chi connectivity index (χ4v) is 3.17. The van der Waals surface area contributed by atoms with Crippen LogP contribution in [-0.2, 0) is 4.79 Å². The Kier molecular flexibility index (Phi) is 4.05. The van der Waals surface area contributed by atoms with E-state index in [1.165, 1.54) is 19.3 Å². The summed E-state index contributed by atoms with van der Waals surface area (Å²) in [7, 11) is 0. The van der Waals surface area contributed by atoms with E-state index in [2.05, 4.69) is 10.6 Å². The number of amides is 1. The van der Waals surface area contributed by atoms with Gasteiger partial charge in [0.15, 0.2) is 0 Å². The van der Waals surface area contributed by atoms with E-state index in [1.807, 2.05) is 13.8 Å². The molecule has 0 aromatic rings. The van der Waals surface area contributed by atoms with Crippen LogP contribution >= 0.6 is 0 Å². The molecule has 1 saturated carbocycles. The summed E-state index contributed by atoms with van der Waals surface area (Å²) >= 11 is 0. The highest BCUT2D eigenvalue weighted by Crippen LogP contribution is 2.37. The third-order valence-corrected chi connectivity index (χ3v) is 4.36. The van der Waals surface area contributed by atoms with Crippen molar-refractivity contribution < 1.29 is 9.90 Å². The second-order valence-electron chi connectivity index (χ2n) is 5.78. The fraction of sp³-hybridized carbons (Fsp3) is 0.923. The zero-order valence-corrected chi connectivity index (χ0v) is 10.8. The van der Waals surface area contributed by atoms with Crippen LogP contribution in [0.25, 0.3) is 0 Å². The van der Waals surface area contributed by atoms with Crippen molar-refractivity contribution in [3.63, 3.8) is 0 Å². The lowest BCUT2D eigenvalue weighted by atomic mass is 9.93. The Bertz CT molecular complexity index is 281. The lowest BCUT2D eigenvalue weighted by Crippen LogP contribution is -2.50. The van der Waals surface area contributed by atoms with Crippen molar-refractivity contribution in [2.45, 2.75) is 45.2 Å². The molecule has 0 bridgehead atoms. The molecule has 17 heavy (non-hydrogen) atoms. The minimum Gasteiger partial charge on any atom is -0.394 e. The summed E-state index contributed by atoms with van der Waals surface area (Å²) in [4.78, 5) is 12.2. The molecule has 0 aromatic carbocycles. The summed E-state index contributed by atoms with van der Waals surface area (Å²) in [6, 6.07) is -0.153. The number of rotatable bonds is 4. The van der Waals surface area contributed by atoms with Crippen LogP contribution in [0.4, 0.5) is 0 Å². The number of fused-ring (bicyclic) bond motifs is 1. The predicted molar refractivity (Wildman–Crippen MR) is 66.5 cm³/mol. The van der Waals surface area contributed by atoms with Crippen molar-refractivity contribution in [3.8, 4) is 0 Å². The SMILES string of the molecule is CC(C)[C@@H](CO)NC(=O)C1NCC2CCCC21. The molecule has 0 spiro atoms. The minimum absolute atomic E-state index is 0.0181. The summed E-state index contributed by atoms with van der Waals surface area (Å²) in [6.07, 6.45) is 3.69. The molecule has 0 aromatic heterocycles. The molecule has 1 aliphatic heterocycles. The highest BCUT2D eigenvalue weighted by molar-refractivity contribution is 5.82. The summed E-state index contributed by atoms with van der Waals surface area (Å²) in [5.41, 5.74) is 0.